The standard InChI is InChI=1S/C35H42N4O5/c1-36-35(42)32(22-26-23-37-31-17-7-6-14-28(26)31)38-33(40)29(15-9-13-25-18-20-27(44-2)21-19-25)30(34(41)39-43)16-8-12-24-10-4-3-5-11-24/h3-7,10-11,14,17-21,23,29-30,32,37,43H,8-9,12-13,15-16,22H2,1-2H3,(H,36,42)(H,38,40)(H,39,41)/t29-,30+,32+/m0/s1. The number of hydrogen-bond donors (Lipinski definition) is 5. The molecule has 1 aromatic heterocycles. The van der Waals surface area contributed by atoms with Crippen LogP contribution in [0.4, 0.5) is 0 Å². The molecule has 3 aromatic carbocycles. The molecular formula is C35H42N4O5. The molecule has 9 heteroatoms. The molecule has 4 aromatic rings. The SMILES string of the molecule is CNC(=O)[C@@H](Cc1c[nH]c2ccccc12)NC(=O)[C@@H](CCCc1ccc(OC)cc1)[C@@H](CCCc1ccccc1)C(=O)NO. The summed E-state index contributed by atoms with van der Waals surface area (Å²) in [5, 5.41) is 16.3. The Morgan fingerprint density at radius 1 is 0.795 bits per heavy atom. The number of rotatable bonds is 16. The van der Waals surface area contributed by atoms with E-state index in [1.165, 1.54) is 7.05 Å². The van der Waals surface area contributed by atoms with Crippen LogP contribution in [0.3, 0.4) is 0 Å². The zero-order valence-electron chi connectivity index (χ0n) is 25.3. The minimum atomic E-state index is -0.849. The molecule has 3 atom stereocenters. The van der Waals surface area contributed by atoms with Gasteiger partial charge in [-0.05, 0) is 73.4 Å². The molecule has 0 saturated heterocycles. The minimum absolute atomic E-state index is 0.277. The molecular weight excluding hydrogens is 556 g/mol. The monoisotopic (exact) mass is 598 g/mol. The van der Waals surface area contributed by atoms with Gasteiger partial charge in [0, 0.05) is 36.5 Å². The van der Waals surface area contributed by atoms with Crippen molar-refractivity contribution in [2.75, 3.05) is 14.2 Å². The normalized spacial score (nSPS) is 13.1. The van der Waals surface area contributed by atoms with E-state index in [1.807, 2.05) is 85.1 Å². The van der Waals surface area contributed by atoms with Crippen LogP contribution in [0.25, 0.3) is 10.9 Å². The Hall–Kier alpha value is -4.63. The predicted octanol–water partition coefficient (Wildman–Crippen LogP) is 4.73. The van der Waals surface area contributed by atoms with E-state index in [0.717, 1.165) is 39.8 Å². The number of fused-ring (bicyclic) bond motifs is 1. The molecule has 0 bridgehead atoms. The molecule has 0 aliphatic rings. The maximum Gasteiger partial charge on any atom is 0.247 e. The number of carbonyl (C=O) groups is 3. The van der Waals surface area contributed by atoms with E-state index in [0.29, 0.717) is 32.1 Å². The van der Waals surface area contributed by atoms with Crippen molar-refractivity contribution >= 4 is 28.6 Å². The molecule has 0 unspecified atom stereocenters. The number of carbonyl (C=O) groups excluding carboxylic acids is 3. The number of benzene rings is 3. The summed E-state index contributed by atoms with van der Waals surface area (Å²) in [6.07, 6.45) is 5.63. The highest BCUT2D eigenvalue weighted by Crippen LogP contribution is 2.27. The summed E-state index contributed by atoms with van der Waals surface area (Å²) >= 11 is 0. The first-order valence-electron chi connectivity index (χ1n) is 15.1. The lowest BCUT2D eigenvalue weighted by molar-refractivity contribution is -0.141. The Morgan fingerprint density at radius 2 is 1.41 bits per heavy atom. The molecule has 4 rings (SSSR count). The fraction of sp³-hybridized carbons (Fsp3) is 0.343. The lowest BCUT2D eigenvalue weighted by Gasteiger charge is -2.27. The number of aromatic amines is 1. The zero-order chi connectivity index (χ0) is 31.3. The van der Waals surface area contributed by atoms with Crippen LogP contribution in [0.5, 0.6) is 5.75 Å². The van der Waals surface area contributed by atoms with Gasteiger partial charge in [0.2, 0.25) is 17.7 Å². The fourth-order valence-electron chi connectivity index (χ4n) is 5.78. The third-order valence-corrected chi connectivity index (χ3v) is 8.21. The Labute approximate surface area is 258 Å². The highest BCUT2D eigenvalue weighted by atomic mass is 16.5. The maximum absolute atomic E-state index is 14.0. The molecule has 0 aliphatic carbocycles. The summed E-state index contributed by atoms with van der Waals surface area (Å²) in [5.74, 6) is -2.09. The number of nitrogens with one attached hydrogen (secondary N) is 4. The van der Waals surface area contributed by atoms with Crippen LogP contribution >= 0.6 is 0 Å². The third kappa shape index (κ3) is 8.70. The van der Waals surface area contributed by atoms with Gasteiger partial charge in [-0.25, -0.2) is 5.48 Å². The number of methoxy groups -OCH3 is 1. The Bertz CT molecular complexity index is 1500. The molecule has 0 aliphatic heterocycles. The van der Waals surface area contributed by atoms with Gasteiger partial charge in [-0.1, -0.05) is 60.7 Å². The molecule has 44 heavy (non-hydrogen) atoms. The van der Waals surface area contributed by atoms with E-state index in [4.69, 9.17) is 4.74 Å². The number of ether oxygens (including phenoxy) is 1. The van der Waals surface area contributed by atoms with E-state index >= 15 is 0 Å². The van der Waals surface area contributed by atoms with E-state index in [9.17, 15) is 19.6 Å². The van der Waals surface area contributed by atoms with Gasteiger partial charge < -0.3 is 20.4 Å². The molecule has 9 nitrogen and oxygen atoms in total. The van der Waals surface area contributed by atoms with Crippen LogP contribution in [-0.2, 0) is 33.6 Å². The smallest absolute Gasteiger partial charge is 0.247 e. The van der Waals surface area contributed by atoms with E-state index < -0.39 is 23.8 Å². The molecule has 0 saturated carbocycles. The minimum Gasteiger partial charge on any atom is -0.497 e. The molecule has 232 valence electrons. The summed E-state index contributed by atoms with van der Waals surface area (Å²) < 4.78 is 5.25. The summed E-state index contributed by atoms with van der Waals surface area (Å²) in [4.78, 5) is 43.3. The van der Waals surface area contributed by atoms with Gasteiger partial charge in [0.25, 0.3) is 0 Å². The first-order valence-corrected chi connectivity index (χ1v) is 15.1. The largest absolute Gasteiger partial charge is 0.497 e. The number of likely N-dealkylation sites (N-methyl/N-ethyl adjacent to an activating group) is 1. The van der Waals surface area contributed by atoms with Gasteiger partial charge in [-0.15, -0.1) is 0 Å². The second-order valence-electron chi connectivity index (χ2n) is 11.0. The van der Waals surface area contributed by atoms with Crippen molar-refractivity contribution in [3.63, 3.8) is 0 Å². The Morgan fingerprint density at radius 3 is 2.05 bits per heavy atom. The number of amides is 3. The van der Waals surface area contributed by atoms with Gasteiger partial charge in [-0.2, -0.15) is 0 Å². The molecule has 0 fully saturated rings. The van der Waals surface area contributed by atoms with E-state index in [1.54, 1.807) is 12.6 Å². The van der Waals surface area contributed by atoms with Gasteiger partial charge in [0.05, 0.1) is 13.0 Å². The summed E-state index contributed by atoms with van der Waals surface area (Å²) in [6, 6.07) is 24.6. The molecule has 3 amide bonds. The predicted molar refractivity (Wildman–Crippen MR) is 170 cm³/mol. The number of aromatic nitrogens is 1. The first kappa shape index (κ1) is 32.3. The topological polar surface area (TPSA) is 133 Å². The van der Waals surface area contributed by atoms with Crippen molar-refractivity contribution in [1.82, 2.24) is 21.1 Å². The lowest BCUT2D eigenvalue weighted by Crippen LogP contribution is -2.51. The number of hydrogen-bond acceptors (Lipinski definition) is 5. The second-order valence-corrected chi connectivity index (χ2v) is 11.0. The molecule has 0 radical (unpaired) electrons. The van der Waals surface area contributed by atoms with Crippen LogP contribution in [0.15, 0.2) is 85.1 Å². The highest BCUT2D eigenvalue weighted by Gasteiger charge is 2.35. The van der Waals surface area contributed by atoms with Crippen molar-refractivity contribution in [3.8, 4) is 5.75 Å². The molecule has 5 N–H and O–H groups in total. The summed E-state index contributed by atoms with van der Waals surface area (Å²) in [5.41, 5.74) is 5.86. The van der Waals surface area contributed by atoms with Crippen molar-refractivity contribution < 1.29 is 24.3 Å². The number of aryl methyl sites for hydroxylation is 2. The van der Waals surface area contributed by atoms with Crippen LogP contribution in [0.1, 0.15) is 42.4 Å². The van der Waals surface area contributed by atoms with Crippen molar-refractivity contribution in [2.24, 2.45) is 11.8 Å². The van der Waals surface area contributed by atoms with Gasteiger partial charge >= 0.3 is 0 Å². The van der Waals surface area contributed by atoms with E-state index in [-0.39, 0.29) is 18.2 Å². The quantitative estimate of drug-likeness (QED) is 0.0940. The molecule has 0 spiro atoms. The summed E-state index contributed by atoms with van der Waals surface area (Å²) in [7, 11) is 3.15. The average Bonchev–Trinajstić information content (AvgIpc) is 3.47. The van der Waals surface area contributed by atoms with Gasteiger partial charge in [0.15, 0.2) is 0 Å². The van der Waals surface area contributed by atoms with E-state index in [2.05, 4.69) is 15.6 Å². The van der Waals surface area contributed by atoms with Crippen molar-refractivity contribution in [1.29, 1.82) is 0 Å². The second kappa shape index (κ2) is 16.3. The number of H-pyrrole nitrogens is 1. The van der Waals surface area contributed by atoms with Gasteiger partial charge in [0.1, 0.15) is 11.8 Å². The first-order chi connectivity index (χ1) is 21.4. The fourth-order valence-corrected chi connectivity index (χ4v) is 5.78. The Balaban J connectivity index is 1.54. The van der Waals surface area contributed by atoms with Crippen LogP contribution in [-0.4, -0.2) is 48.1 Å². The lowest BCUT2D eigenvalue weighted by atomic mass is 9.82. The third-order valence-electron chi connectivity index (χ3n) is 8.21. The van der Waals surface area contributed by atoms with Crippen molar-refractivity contribution in [2.45, 2.75) is 51.0 Å². The zero-order valence-corrected chi connectivity index (χ0v) is 25.3. The van der Waals surface area contributed by atoms with Crippen LogP contribution in [0, 0.1) is 11.8 Å². The van der Waals surface area contributed by atoms with Crippen LogP contribution < -0.4 is 20.9 Å². The Kier molecular flexibility index (Phi) is 11.9. The summed E-state index contributed by atoms with van der Waals surface area (Å²) in [6.45, 7) is 0. The van der Waals surface area contributed by atoms with Crippen LogP contribution in [0.2, 0.25) is 0 Å². The number of para-hydroxylation sites is 1. The highest BCUT2D eigenvalue weighted by molar-refractivity contribution is 5.92. The average molecular weight is 599 g/mol. The maximum atomic E-state index is 14.0. The van der Waals surface area contributed by atoms with Crippen molar-refractivity contribution in [3.05, 3.63) is 102 Å². The number of hydroxylamine groups is 1. The molecule has 1 heterocycles. The van der Waals surface area contributed by atoms with Gasteiger partial charge in [-0.3, -0.25) is 19.6 Å².